The second-order valence-electron chi connectivity index (χ2n) is 8.21. The maximum absolute atomic E-state index is 12.4. The molecular weight excluding hydrogens is 360 g/mol. The average molecular weight is 388 g/mol. The lowest BCUT2D eigenvalue weighted by molar-refractivity contribution is -0.145. The molecule has 9 nitrogen and oxygen atoms in total. The fourth-order valence-electron chi connectivity index (χ4n) is 4.19. The van der Waals surface area contributed by atoms with E-state index in [0.29, 0.717) is 31.3 Å². The Labute approximate surface area is 164 Å². The number of amides is 2. The molecule has 1 unspecified atom stereocenters. The van der Waals surface area contributed by atoms with Gasteiger partial charge in [0, 0.05) is 26.7 Å². The standard InChI is InChI=1S/C19H28N6O3/c1-10(2)15-17(26)22-14-11(3)20-19(23-16(14)24(15)4)21-12-8-25(9-12)18(27)13-6-5-7-28-13/h10,12-13,15H,5-9H2,1-4H3,(H,22,26)(H,20,21,23)/t13-,15?/m0/s1. The van der Waals surface area contributed by atoms with Gasteiger partial charge in [0.05, 0.1) is 11.7 Å². The van der Waals surface area contributed by atoms with Crippen molar-refractivity contribution in [1.29, 1.82) is 0 Å². The fraction of sp³-hybridized carbons (Fsp3) is 0.684. The summed E-state index contributed by atoms with van der Waals surface area (Å²) in [4.78, 5) is 37.7. The summed E-state index contributed by atoms with van der Waals surface area (Å²) < 4.78 is 5.48. The van der Waals surface area contributed by atoms with Crippen molar-refractivity contribution >= 4 is 29.3 Å². The first-order valence-electron chi connectivity index (χ1n) is 9.94. The second kappa shape index (κ2) is 7.20. The van der Waals surface area contributed by atoms with Crippen LogP contribution in [0, 0.1) is 12.8 Å². The molecule has 0 aromatic carbocycles. The molecule has 1 aromatic rings. The zero-order valence-corrected chi connectivity index (χ0v) is 16.9. The molecule has 0 aliphatic carbocycles. The predicted molar refractivity (Wildman–Crippen MR) is 105 cm³/mol. The number of hydrogen-bond acceptors (Lipinski definition) is 7. The Morgan fingerprint density at radius 2 is 2.07 bits per heavy atom. The molecule has 0 saturated carbocycles. The number of anilines is 3. The van der Waals surface area contributed by atoms with Crippen LogP contribution in [0.25, 0.3) is 0 Å². The van der Waals surface area contributed by atoms with Crippen molar-refractivity contribution in [2.24, 2.45) is 5.92 Å². The lowest BCUT2D eigenvalue weighted by Crippen LogP contribution is -2.59. The van der Waals surface area contributed by atoms with Crippen LogP contribution >= 0.6 is 0 Å². The largest absolute Gasteiger partial charge is 0.368 e. The van der Waals surface area contributed by atoms with Gasteiger partial charge < -0.3 is 25.2 Å². The highest BCUT2D eigenvalue weighted by molar-refractivity contribution is 6.03. The highest BCUT2D eigenvalue weighted by Gasteiger charge is 2.38. The summed E-state index contributed by atoms with van der Waals surface area (Å²) in [5.74, 6) is 1.46. The number of nitrogens with zero attached hydrogens (tertiary/aromatic N) is 4. The fourth-order valence-corrected chi connectivity index (χ4v) is 4.19. The lowest BCUT2D eigenvalue weighted by atomic mass is 9.99. The number of nitrogens with one attached hydrogen (secondary N) is 2. The Morgan fingerprint density at radius 3 is 2.71 bits per heavy atom. The van der Waals surface area contributed by atoms with Crippen molar-refractivity contribution < 1.29 is 14.3 Å². The summed E-state index contributed by atoms with van der Waals surface area (Å²) in [5.41, 5.74) is 1.39. The molecule has 2 saturated heterocycles. The number of aromatic nitrogens is 2. The number of carbonyl (C=O) groups is 2. The molecule has 0 bridgehead atoms. The van der Waals surface area contributed by atoms with Gasteiger partial charge in [-0.2, -0.15) is 4.98 Å². The lowest BCUT2D eigenvalue weighted by Gasteiger charge is -2.41. The monoisotopic (exact) mass is 388 g/mol. The van der Waals surface area contributed by atoms with E-state index < -0.39 is 0 Å². The van der Waals surface area contributed by atoms with Crippen LogP contribution in [-0.4, -0.2) is 71.6 Å². The predicted octanol–water partition coefficient (Wildman–Crippen LogP) is 1.000. The van der Waals surface area contributed by atoms with Gasteiger partial charge in [0.15, 0.2) is 5.82 Å². The van der Waals surface area contributed by atoms with Crippen molar-refractivity contribution in [3.8, 4) is 0 Å². The van der Waals surface area contributed by atoms with E-state index in [1.165, 1.54) is 0 Å². The molecule has 4 rings (SSSR count). The number of carbonyl (C=O) groups excluding carboxylic acids is 2. The SMILES string of the molecule is Cc1nc(NC2CN(C(=O)[C@@H]3CCCO3)C2)nc2c1NC(=O)C(C(C)C)N2C. The number of fused-ring (bicyclic) bond motifs is 1. The minimum absolute atomic E-state index is 0.0281. The summed E-state index contributed by atoms with van der Waals surface area (Å²) in [6.45, 7) is 7.83. The molecule has 0 radical (unpaired) electrons. The third kappa shape index (κ3) is 3.28. The van der Waals surface area contributed by atoms with Crippen LogP contribution < -0.4 is 15.5 Å². The highest BCUT2D eigenvalue weighted by atomic mass is 16.5. The number of likely N-dealkylation sites (tertiary alicyclic amines) is 1. The quantitative estimate of drug-likeness (QED) is 0.794. The Kier molecular flexibility index (Phi) is 4.86. The van der Waals surface area contributed by atoms with Crippen molar-refractivity contribution in [1.82, 2.24) is 14.9 Å². The summed E-state index contributed by atoms with van der Waals surface area (Å²) in [6.07, 6.45) is 1.50. The van der Waals surface area contributed by atoms with Crippen molar-refractivity contribution in [3.63, 3.8) is 0 Å². The summed E-state index contributed by atoms with van der Waals surface area (Å²) >= 11 is 0. The first-order chi connectivity index (χ1) is 13.3. The molecular formula is C19H28N6O3. The van der Waals surface area contributed by atoms with E-state index in [1.54, 1.807) is 0 Å². The number of hydrogen-bond donors (Lipinski definition) is 2. The van der Waals surface area contributed by atoms with E-state index in [0.717, 1.165) is 24.4 Å². The van der Waals surface area contributed by atoms with Crippen LogP contribution in [0.2, 0.25) is 0 Å². The number of rotatable bonds is 4. The smallest absolute Gasteiger partial charge is 0.251 e. The molecule has 28 heavy (non-hydrogen) atoms. The zero-order valence-electron chi connectivity index (χ0n) is 16.9. The Hall–Kier alpha value is -2.42. The van der Waals surface area contributed by atoms with Crippen molar-refractivity contribution in [2.75, 3.05) is 42.3 Å². The van der Waals surface area contributed by atoms with Crippen LogP contribution in [-0.2, 0) is 14.3 Å². The van der Waals surface area contributed by atoms with Gasteiger partial charge >= 0.3 is 0 Å². The van der Waals surface area contributed by atoms with Gasteiger partial charge in [-0.25, -0.2) is 4.98 Å². The number of aryl methyl sites for hydroxylation is 1. The van der Waals surface area contributed by atoms with Gasteiger partial charge in [-0.1, -0.05) is 13.8 Å². The van der Waals surface area contributed by atoms with E-state index >= 15 is 0 Å². The first kappa shape index (κ1) is 18.9. The zero-order chi connectivity index (χ0) is 20.0. The minimum atomic E-state index is -0.270. The van der Waals surface area contributed by atoms with Gasteiger partial charge in [0.1, 0.15) is 17.8 Å². The minimum Gasteiger partial charge on any atom is -0.368 e. The molecule has 2 atom stereocenters. The third-order valence-corrected chi connectivity index (χ3v) is 5.70. The molecule has 3 aliphatic heterocycles. The molecule has 1 aromatic heterocycles. The van der Waals surface area contributed by atoms with Crippen molar-refractivity contribution in [2.45, 2.75) is 51.8 Å². The normalized spacial score (nSPS) is 24.8. The Bertz CT molecular complexity index is 786. The van der Waals surface area contributed by atoms with Crippen LogP contribution in [0.15, 0.2) is 0 Å². The maximum atomic E-state index is 12.4. The first-order valence-corrected chi connectivity index (χ1v) is 9.94. The van der Waals surface area contributed by atoms with Gasteiger partial charge in [-0.15, -0.1) is 0 Å². The molecule has 3 aliphatic rings. The van der Waals surface area contributed by atoms with Crippen LogP contribution in [0.4, 0.5) is 17.5 Å². The van der Waals surface area contributed by atoms with Gasteiger partial charge in [0.25, 0.3) is 5.91 Å². The van der Waals surface area contributed by atoms with E-state index in [2.05, 4.69) is 20.6 Å². The molecule has 4 heterocycles. The summed E-state index contributed by atoms with van der Waals surface area (Å²) in [7, 11) is 1.89. The van der Waals surface area contributed by atoms with Gasteiger partial charge in [0.2, 0.25) is 11.9 Å². The molecule has 2 fully saturated rings. The second-order valence-corrected chi connectivity index (χ2v) is 8.21. The topological polar surface area (TPSA) is 99.7 Å². The van der Waals surface area contributed by atoms with Crippen LogP contribution in [0.5, 0.6) is 0 Å². The molecule has 2 amide bonds. The molecule has 0 spiro atoms. The number of likely N-dealkylation sites (N-methyl/N-ethyl adjacent to an activating group) is 1. The van der Waals surface area contributed by atoms with Crippen LogP contribution in [0.1, 0.15) is 32.4 Å². The van der Waals surface area contributed by atoms with E-state index in [1.807, 2.05) is 37.6 Å². The highest BCUT2D eigenvalue weighted by Crippen LogP contribution is 2.34. The molecule has 2 N–H and O–H groups in total. The Morgan fingerprint density at radius 1 is 1.32 bits per heavy atom. The summed E-state index contributed by atoms with van der Waals surface area (Å²) in [5, 5.41) is 6.28. The third-order valence-electron chi connectivity index (χ3n) is 5.70. The van der Waals surface area contributed by atoms with Gasteiger partial charge in [-0.05, 0) is 25.7 Å². The van der Waals surface area contributed by atoms with Crippen LogP contribution in [0.3, 0.4) is 0 Å². The van der Waals surface area contributed by atoms with E-state index in [4.69, 9.17) is 4.74 Å². The molecule has 9 heteroatoms. The average Bonchev–Trinajstić information content (AvgIpc) is 3.12. The summed E-state index contributed by atoms with van der Waals surface area (Å²) in [6, 6.07) is -0.148. The van der Waals surface area contributed by atoms with E-state index in [9.17, 15) is 9.59 Å². The Balaban J connectivity index is 1.44. The number of ether oxygens (including phenoxy) is 1. The maximum Gasteiger partial charge on any atom is 0.251 e. The molecule has 152 valence electrons. The van der Waals surface area contributed by atoms with Gasteiger partial charge in [-0.3, -0.25) is 9.59 Å². The van der Waals surface area contributed by atoms with Crippen molar-refractivity contribution in [3.05, 3.63) is 5.69 Å². The van der Waals surface area contributed by atoms with E-state index in [-0.39, 0.29) is 35.9 Å².